The number of ketones is 1. The van der Waals surface area contributed by atoms with Crippen LogP contribution in [0.1, 0.15) is 56.9 Å². The third-order valence-electron chi connectivity index (χ3n) is 8.90. The zero-order valence-corrected chi connectivity index (χ0v) is 60.6. The Kier molecular flexibility index (Phi) is 58.2. The number of hydrogen-bond acceptors (Lipinski definition) is 19. The van der Waals surface area contributed by atoms with Gasteiger partial charge in [0, 0.05) is 138 Å². The van der Waals surface area contributed by atoms with Crippen LogP contribution >= 0.6 is 23.2 Å². The molecule has 8 aromatic carbocycles. The van der Waals surface area contributed by atoms with E-state index in [9.17, 15) is 33.6 Å². The van der Waals surface area contributed by atoms with Crippen LogP contribution in [-0.2, 0) is 160 Å². The van der Waals surface area contributed by atoms with Crippen LogP contribution in [0.25, 0.3) is 0 Å². The van der Waals surface area contributed by atoms with Crippen LogP contribution in [0.5, 0.6) is 34.5 Å². The maximum Gasteiger partial charge on any atom is 0.519 e. The van der Waals surface area contributed by atoms with Gasteiger partial charge in [0.15, 0.2) is 5.78 Å². The number of ether oxygens (including phenoxy) is 7. The van der Waals surface area contributed by atoms with Crippen LogP contribution < -0.4 is 28.4 Å². The van der Waals surface area contributed by atoms with Crippen molar-refractivity contribution in [1.82, 2.24) is 0 Å². The van der Waals surface area contributed by atoms with E-state index in [2.05, 4.69) is 27.9 Å². The van der Waals surface area contributed by atoms with Crippen LogP contribution in [0.3, 0.4) is 0 Å². The first kappa shape index (κ1) is 89.1. The minimum Gasteiger partial charge on any atom is -0.544 e. The first-order valence-corrected chi connectivity index (χ1v) is 24.9. The van der Waals surface area contributed by atoms with Crippen LogP contribution in [0.4, 0.5) is 14.4 Å². The van der Waals surface area contributed by atoms with E-state index in [1.807, 2.05) is 72.8 Å². The molecule has 1 N–H and O–H groups in total. The van der Waals surface area contributed by atoms with Gasteiger partial charge in [-0.05, 0) is 108 Å². The predicted molar refractivity (Wildman–Crippen MR) is 313 cm³/mol. The number of esters is 3. The van der Waals surface area contributed by atoms with Crippen molar-refractivity contribution < 1.29 is 222 Å². The largest absolute Gasteiger partial charge is 0.544 e. The van der Waals surface area contributed by atoms with Crippen LogP contribution in [0, 0.1) is 0 Å². The van der Waals surface area contributed by atoms with Gasteiger partial charge in [-0.15, -0.1) is 12.1 Å². The predicted octanol–water partition coefficient (Wildman–Crippen LogP) is 12.4. The molecule has 0 aromatic heterocycles. The third kappa shape index (κ3) is 44.7. The number of methoxy groups -OCH3 is 1. The Morgan fingerprint density at radius 1 is 0.416 bits per heavy atom. The number of hydrogen-bond donors (Lipinski definition) is 1. The van der Waals surface area contributed by atoms with E-state index in [0.717, 1.165) is 0 Å². The second kappa shape index (κ2) is 58.1. The number of rotatable bonds is 13. The summed E-state index contributed by atoms with van der Waals surface area (Å²) >= 11 is 8.80. The van der Waals surface area contributed by atoms with E-state index >= 15 is 0 Å². The van der Waals surface area contributed by atoms with Crippen molar-refractivity contribution in [2.24, 2.45) is 0 Å². The van der Waals surface area contributed by atoms with Gasteiger partial charge < -0.3 is 57.4 Å². The summed E-state index contributed by atoms with van der Waals surface area (Å²) in [5.41, 5.74) is 1.25. The monoisotopic (exact) mass is 1550 g/mol. The van der Waals surface area contributed by atoms with Gasteiger partial charge in [0.1, 0.15) is 46.7 Å². The first-order valence-electron chi connectivity index (χ1n) is 24.2. The Morgan fingerprint density at radius 2 is 0.719 bits per heavy atom. The van der Waals surface area contributed by atoms with E-state index in [0.29, 0.717) is 34.1 Å². The Hall–Kier alpha value is -6.31. The summed E-state index contributed by atoms with van der Waals surface area (Å²) in [6, 6.07) is 65.3. The molecule has 25 heteroatoms. The van der Waals surface area contributed by atoms with Crippen molar-refractivity contribution in [1.29, 1.82) is 0 Å². The number of carbonyl (C=O) groups excluding carboxylic acids is 11. The molecule has 0 fully saturated rings. The van der Waals surface area contributed by atoms with Gasteiger partial charge in [0.05, 0.1) is 24.5 Å². The van der Waals surface area contributed by atoms with E-state index in [1.165, 1.54) is 64.1 Å². The molecule has 8 rings (SSSR count). The van der Waals surface area contributed by atoms with Crippen molar-refractivity contribution in [3.63, 3.8) is 0 Å². The molecule has 89 heavy (non-hydrogen) atoms. The van der Waals surface area contributed by atoms with Gasteiger partial charge in [-0.3, -0.25) is 39.7 Å². The number of Topliss-reactive ketones (excluding diaryl/α,β-unsaturated/α-hetero) is 1. The van der Waals surface area contributed by atoms with Crippen LogP contribution in [0.15, 0.2) is 231 Å². The van der Waals surface area contributed by atoms with E-state index < -0.39 is 35.4 Å². The summed E-state index contributed by atoms with van der Waals surface area (Å²) in [7, 11) is 1.20. The van der Waals surface area contributed by atoms with Crippen LogP contribution in [-0.4, -0.2) is 84.7 Å². The topological polar surface area (TPSA) is 273 Å². The molecule has 0 bridgehead atoms. The summed E-state index contributed by atoms with van der Waals surface area (Å²) < 4.78 is 33.6. The normalized spacial score (nSPS) is 8.56. The number of aliphatic hydroxyl groups excluding tert-OH is 1. The number of aliphatic hydroxyl groups is 1. The Balaban J connectivity index is -0.000000495. The Labute approximate surface area is 624 Å². The average molecular weight is 1550 g/mol. The van der Waals surface area contributed by atoms with Crippen molar-refractivity contribution in [2.45, 2.75) is 20.3 Å². The molecule has 0 aliphatic carbocycles. The Bertz CT molecular complexity index is 3150. The smallest absolute Gasteiger partial charge is 0.519 e. The molecule has 0 heterocycles. The van der Waals surface area contributed by atoms with Gasteiger partial charge in [0.25, 0.3) is 0 Å². The fourth-order valence-corrected chi connectivity index (χ4v) is 5.52. The zero-order chi connectivity index (χ0) is 62.9. The van der Waals surface area contributed by atoms with E-state index in [1.54, 1.807) is 140 Å². The molecule has 0 atom stereocenters. The Morgan fingerprint density at radius 3 is 1.04 bits per heavy atom. The molecule has 0 aliphatic heterocycles. The quantitative estimate of drug-likeness (QED) is 0.0214. The van der Waals surface area contributed by atoms with E-state index in [4.69, 9.17) is 52.7 Å². The minimum absolute atomic E-state index is 0. The molecule has 0 unspecified atom stereocenters. The molecule has 0 spiro atoms. The first-order chi connectivity index (χ1) is 41.0. The molecule has 19 nitrogen and oxygen atoms in total. The van der Waals surface area contributed by atoms with Crippen molar-refractivity contribution in [3.05, 3.63) is 253 Å². The minimum atomic E-state index is -1.13. The second-order valence-electron chi connectivity index (χ2n) is 14.9. The molecule has 0 aliphatic rings. The van der Waals surface area contributed by atoms with Crippen molar-refractivity contribution >= 4 is 89.1 Å². The number of para-hydroxylation sites is 6. The maximum absolute atomic E-state index is 11.9. The molecule has 452 valence electrons. The third-order valence-corrected chi connectivity index (χ3v) is 8.90. The molecule has 0 amide bonds. The fourth-order valence-electron chi connectivity index (χ4n) is 5.52. The molecule has 8 aromatic rings. The molecule has 0 saturated heterocycles. The van der Waals surface area contributed by atoms with Gasteiger partial charge in [0.2, 0.25) is 0 Å². The number of halogens is 2. The molecular formula is C64H52Cl2O19Y4-4. The summed E-state index contributed by atoms with van der Waals surface area (Å²) in [5.74, 6) is 0.0845. The van der Waals surface area contributed by atoms with Gasteiger partial charge in [-0.25, -0.2) is 19.2 Å². The maximum atomic E-state index is 11.9. The van der Waals surface area contributed by atoms with Gasteiger partial charge in [-0.1, -0.05) is 121 Å². The average Bonchev–Trinajstić information content (AvgIpc) is 3.60. The molecular weight excluding hydrogens is 1500 g/mol. The standard InChI is InChI=1S/C17H14O7.C13H10O3.C13H10O2.C8H8O2.C7H5O.C3H2O2.C2H3O.CCl2O.4Y/c1-22-16(20)12-7-3-5-9-15(12)24-17(21)23-14-8-4-2-6-11(14)13(19)10-18;14-13(15-11-7-3-1-4-8-11)16-12-9-5-2-6-10-12;14-13(11-7-3-1-4-8-11)15-12-9-5-2-6-10-12;1-7(9)10-8-5-3-2-4-6-8;8-6-7-4-2-1-3-5-7;4-2-1-3-5;1-2-3;2-1(3)4;;;;/h2-9,18H,10H2,1H3;1-10H;1-10H;2-6H,1H3;1-5H;1H2;1H3;;;;;/q;;;;-1;-2;-1;;;;;. The SMILES string of the molecule is CC(=O)Oc1ccccc1.COC(=O)c1ccccc1OC(=O)Oc1ccccc1C(=O)CO.C[C-]=O.O=C(Cl)Cl.O=C(Oc1ccccc1)Oc1ccccc1.O=C(Oc1ccccc1)c1ccccc1.O=[C-]C[C-]=O.O=[C-]c1ccccc1.[Y].[Y].[Y].[Y]. The number of benzene rings is 8. The summed E-state index contributed by atoms with van der Waals surface area (Å²) in [4.78, 5) is 114. The molecule has 0 saturated carbocycles. The summed E-state index contributed by atoms with van der Waals surface area (Å²) in [6.45, 7) is 1.98. The summed E-state index contributed by atoms with van der Waals surface area (Å²) in [5, 5.41) is 8.93. The number of carbonyl (C=O) groups is 7. The van der Waals surface area contributed by atoms with E-state index in [-0.39, 0.29) is 172 Å². The summed E-state index contributed by atoms with van der Waals surface area (Å²) in [6.07, 6.45) is 3.87. The zero-order valence-electron chi connectivity index (χ0n) is 47.7. The van der Waals surface area contributed by atoms with Crippen molar-refractivity contribution in [3.8, 4) is 34.5 Å². The van der Waals surface area contributed by atoms with Gasteiger partial charge >= 0.3 is 34.9 Å². The second-order valence-corrected chi connectivity index (χ2v) is 15.8. The van der Waals surface area contributed by atoms with Gasteiger partial charge in [-0.2, -0.15) is 24.6 Å². The fraction of sp³-hybridized carbons (Fsp3) is 0.0781. The molecule has 4 radical (unpaired) electrons. The van der Waals surface area contributed by atoms with Crippen molar-refractivity contribution in [2.75, 3.05) is 13.7 Å². The van der Waals surface area contributed by atoms with Crippen LogP contribution in [0.2, 0.25) is 0 Å².